The summed E-state index contributed by atoms with van der Waals surface area (Å²) in [7, 11) is 0. The molecule has 0 aliphatic carbocycles. The SMILES string of the molecule is CCC1=C(C)/C(=C/c2cc(Br)c(Br)[nH]2)N=C1C. The van der Waals surface area contributed by atoms with Crippen molar-refractivity contribution in [1.82, 2.24) is 4.98 Å². The van der Waals surface area contributed by atoms with Gasteiger partial charge in [0.05, 0.1) is 14.8 Å². The second kappa shape index (κ2) is 4.94. The highest BCUT2D eigenvalue weighted by Gasteiger charge is 2.16. The molecule has 2 rings (SSSR count). The molecule has 1 aromatic rings. The predicted octanol–water partition coefficient (Wildman–Crippen LogP) is 5.08. The number of aliphatic imine (C=N–C) groups is 1. The molecule has 2 heterocycles. The van der Waals surface area contributed by atoms with Crippen molar-refractivity contribution < 1.29 is 0 Å². The topological polar surface area (TPSA) is 28.1 Å². The minimum atomic E-state index is 0.959. The van der Waals surface area contributed by atoms with Gasteiger partial charge in [0.1, 0.15) is 0 Å². The molecular formula is C13H14Br2N2. The summed E-state index contributed by atoms with van der Waals surface area (Å²) < 4.78 is 1.99. The molecule has 90 valence electrons. The Kier molecular flexibility index (Phi) is 3.73. The summed E-state index contributed by atoms with van der Waals surface area (Å²) in [5.41, 5.74) is 5.89. The van der Waals surface area contributed by atoms with Gasteiger partial charge in [-0.1, -0.05) is 6.92 Å². The molecule has 0 saturated carbocycles. The Morgan fingerprint density at radius 1 is 1.35 bits per heavy atom. The number of aromatic nitrogens is 1. The van der Waals surface area contributed by atoms with Gasteiger partial charge in [-0.15, -0.1) is 0 Å². The van der Waals surface area contributed by atoms with Crippen LogP contribution in [0.25, 0.3) is 6.08 Å². The van der Waals surface area contributed by atoms with E-state index in [1.54, 1.807) is 0 Å². The number of hydrogen-bond acceptors (Lipinski definition) is 1. The zero-order valence-electron chi connectivity index (χ0n) is 10.1. The summed E-state index contributed by atoms with van der Waals surface area (Å²) in [5.74, 6) is 0. The summed E-state index contributed by atoms with van der Waals surface area (Å²) in [6.45, 7) is 6.38. The van der Waals surface area contributed by atoms with Gasteiger partial charge in [0, 0.05) is 11.4 Å². The third-order valence-electron chi connectivity index (χ3n) is 2.95. The van der Waals surface area contributed by atoms with E-state index in [4.69, 9.17) is 0 Å². The third kappa shape index (κ3) is 2.47. The van der Waals surface area contributed by atoms with Crippen molar-refractivity contribution >= 4 is 43.6 Å². The fraction of sp³-hybridized carbons (Fsp3) is 0.308. The largest absolute Gasteiger partial charge is 0.349 e. The van der Waals surface area contributed by atoms with Gasteiger partial charge < -0.3 is 4.98 Å². The predicted molar refractivity (Wildman–Crippen MR) is 80.3 cm³/mol. The molecular weight excluding hydrogens is 344 g/mol. The van der Waals surface area contributed by atoms with Gasteiger partial charge in [-0.25, -0.2) is 0 Å². The second-order valence-corrected chi connectivity index (χ2v) is 5.72. The van der Waals surface area contributed by atoms with Crippen LogP contribution in [0, 0.1) is 0 Å². The minimum absolute atomic E-state index is 0.959. The lowest BCUT2D eigenvalue weighted by Gasteiger charge is -1.99. The standard InChI is InChI=1S/C13H14Br2N2/c1-4-10-7(2)12(16-8(10)3)6-9-5-11(14)13(15)17-9/h5-6,17H,4H2,1-3H3/b12-6-. The lowest BCUT2D eigenvalue weighted by Crippen LogP contribution is -1.91. The monoisotopic (exact) mass is 356 g/mol. The molecule has 0 saturated heterocycles. The first-order chi connectivity index (χ1) is 8.02. The summed E-state index contributed by atoms with van der Waals surface area (Å²) in [6.07, 6.45) is 3.12. The van der Waals surface area contributed by atoms with Crippen LogP contribution in [0.4, 0.5) is 0 Å². The molecule has 2 nitrogen and oxygen atoms in total. The molecule has 0 bridgehead atoms. The van der Waals surface area contributed by atoms with Gasteiger partial charge in [-0.2, -0.15) is 0 Å². The van der Waals surface area contributed by atoms with Crippen molar-refractivity contribution in [2.45, 2.75) is 27.2 Å². The van der Waals surface area contributed by atoms with Crippen LogP contribution in [0.1, 0.15) is 32.9 Å². The Bertz CT molecular complexity index is 528. The smallest absolute Gasteiger partial charge is 0.0968 e. The van der Waals surface area contributed by atoms with E-state index < -0.39 is 0 Å². The van der Waals surface area contributed by atoms with Crippen LogP contribution in [0.2, 0.25) is 0 Å². The van der Waals surface area contributed by atoms with Crippen LogP contribution in [0.5, 0.6) is 0 Å². The fourth-order valence-corrected chi connectivity index (χ4v) is 2.76. The fourth-order valence-electron chi connectivity index (χ4n) is 2.07. The van der Waals surface area contributed by atoms with E-state index in [1.165, 1.54) is 11.1 Å². The first-order valence-corrected chi connectivity index (χ1v) is 7.13. The van der Waals surface area contributed by atoms with Gasteiger partial charge in [-0.05, 0) is 75.4 Å². The molecule has 0 atom stereocenters. The van der Waals surface area contributed by atoms with Crippen molar-refractivity contribution in [1.29, 1.82) is 0 Å². The zero-order chi connectivity index (χ0) is 12.6. The number of H-pyrrole nitrogens is 1. The molecule has 1 aliphatic rings. The molecule has 0 amide bonds. The Morgan fingerprint density at radius 2 is 2.06 bits per heavy atom. The van der Waals surface area contributed by atoms with E-state index in [0.717, 1.165) is 32.6 Å². The zero-order valence-corrected chi connectivity index (χ0v) is 13.2. The third-order valence-corrected chi connectivity index (χ3v) is 4.74. The minimum Gasteiger partial charge on any atom is -0.349 e. The maximum Gasteiger partial charge on any atom is 0.0968 e. The number of hydrogen-bond donors (Lipinski definition) is 1. The van der Waals surface area contributed by atoms with Gasteiger partial charge in [-0.3, -0.25) is 4.99 Å². The molecule has 4 heteroatoms. The van der Waals surface area contributed by atoms with E-state index in [2.05, 4.69) is 68.7 Å². The summed E-state index contributed by atoms with van der Waals surface area (Å²) >= 11 is 6.90. The highest BCUT2D eigenvalue weighted by atomic mass is 79.9. The van der Waals surface area contributed by atoms with Crippen molar-refractivity contribution in [3.05, 3.63) is 37.7 Å². The number of halogens is 2. The Hall–Kier alpha value is -0.610. The molecule has 0 unspecified atom stereocenters. The van der Waals surface area contributed by atoms with Crippen molar-refractivity contribution in [3.8, 4) is 0 Å². The number of nitrogens with one attached hydrogen (secondary N) is 1. The lowest BCUT2D eigenvalue weighted by atomic mass is 10.0. The van der Waals surface area contributed by atoms with Gasteiger partial charge >= 0.3 is 0 Å². The van der Waals surface area contributed by atoms with Crippen molar-refractivity contribution in [3.63, 3.8) is 0 Å². The summed E-state index contributed by atoms with van der Waals surface area (Å²) in [6, 6.07) is 2.04. The quantitative estimate of drug-likeness (QED) is 0.764. The highest BCUT2D eigenvalue weighted by Crippen LogP contribution is 2.30. The number of aromatic amines is 1. The summed E-state index contributed by atoms with van der Waals surface area (Å²) in [4.78, 5) is 7.85. The average Bonchev–Trinajstić information content (AvgIpc) is 2.70. The number of nitrogens with zero attached hydrogens (tertiary/aromatic N) is 1. The maximum absolute atomic E-state index is 4.61. The Labute approximate surface area is 118 Å². The molecule has 1 aromatic heterocycles. The molecule has 0 aromatic carbocycles. The van der Waals surface area contributed by atoms with E-state index in [0.29, 0.717) is 0 Å². The van der Waals surface area contributed by atoms with Crippen molar-refractivity contribution in [2.24, 2.45) is 4.99 Å². The van der Waals surface area contributed by atoms with E-state index in [9.17, 15) is 0 Å². The second-order valence-electron chi connectivity index (χ2n) is 4.07. The molecule has 1 N–H and O–H groups in total. The highest BCUT2D eigenvalue weighted by molar-refractivity contribution is 9.13. The molecule has 17 heavy (non-hydrogen) atoms. The van der Waals surface area contributed by atoms with Gasteiger partial charge in [0.15, 0.2) is 0 Å². The van der Waals surface area contributed by atoms with Crippen LogP contribution in [0.15, 0.2) is 37.0 Å². The van der Waals surface area contributed by atoms with Crippen LogP contribution in [-0.2, 0) is 0 Å². The van der Waals surface area contributed by atoms with E-state index in [-0.39, 0.29) is 0 Å². The normalized spacial score (nSPS) is 18.2. The van der Waals surface area contributed by atoms with Crippen LogP contribution in [0.3, 0.4) is 0 Å². The molecule has 0 spiro atoms. The van der Waals surface area contributed by atoms with Crippen LogP contribution >= 0.6 is 31.9 Å². The Balaban J connectivity index is 2.40. The maximum atomic E-state index is 4.61. The number of allylic oxidation sites excluding steroid dienone is 2. The first-order valence-electron chi connectivity index (χ1n) is 5.54. The number of rotatable bonds is 2. The molecule has 0 radical (unpaired) electrons. The van der Waals surface area contributed by atoms with E-state index >= 15 is 0 Å². The Morgan fingerprint density at radius 3 is 2.53 bits per heavy atom. The van der Waals surface area contributed by atoms with Gasteiger partial charge in [0.25, 0.3) is 0 Å². The average molecular weight is 358 g/mol. The van der Waals surface area contributed by atoms with Crippen molar-refractivity contribution in [2.75, 3.05) is 0 Å². The summed E-state index contributed by atoms with van der Waals surface area (Å²) in [5, 5.41) is 0. The van der Waals surface area contributed by atoms with Gasteiger partial charge in [0.2, 0.25) is 0 Å². The lowest BCUT2D eigenvalue weighted by molar-refractivity contribution is 1.15. The van der Waals surface area contributed by atoms with E-state index in [1.807, 2.05) is 6.07 Å². The molecule has 0 fully saturated rings. The van der Waals surface area contributed by atoms with Crippen LogP contribution in [-0.4, -0.2) is 10.7 Å². The molecule has 1 aliphatic heterocycles. The van der Waals surface area contributed by atoms with Crippen LogP contribution < -0.4 is 0 Å². The first kappa shape index (κ1) is 12.8.